The van der Waals surface area contributed by atoms with Crippen LogP contribution in [0, 0.1) is 13.8 Å². The molecule has 4 rings (SSSR count). The molecule has 0 aliphatic carbocycles. The van der Waals surface area contributed by atoms with Gasteiger partial charge in [0.2, 0.25) is 11.1 Å². The normalized spacial score (nSPS) is 11.2. The van der Waals surface area contributed by atoms with Crippen LogP contribution in [-0.2, 0) is 4.79 Å². The van der Waals surface area contributed by atoms with Crippen molar-refractivity contribution in [3.8, 4) is 11.4 Å². The number of hydrogen-bond donors (Lipinski definition) is 2. The molecule has 138 valence electrons. The zero-order valence-electron chi connectivity index (χ0n) is 14.6. The van der Waals surface area contributed by atoms with Crippen molar-refractivity contribution in [2.24, 2.45) is 0 Å². The quantitative estimate of drug-likeness (QED) is 0.391. The lowest BCUT2D eigenvalue weighted by molar-refractivity contribution is -0.113. The lowest BCUT2D eigenvalue weighted by Crippen LogP contribution is -2.16. The lowest BCUT2D eigenvalue weighted by Gasteiger charge is -2.03. The van der Waals surface area contributed by atoms with Gasteiger partial charge in [-0.3, -0.25) is 4.79 Å². The number of benzene rings is 1. The molecule has 1 amide bonds. The molecule has 0 saturated carbocycles. The first-order chi connectivity index (χ1) is 13.0. The molecule has 0 atom stereocenters. The molecule has 0 fully saturated rings. The predicted molar refractivity (Wildman–Crippen MR) is 106 cm³/mol. The van der Waals surface area contributed by atoms with E-state index in [1.807, 2.05) is 32.0 Å². The van der Waals surface area contributed by atoms with Crippen molar-refractivity contribution in [2.75, 3.05) is 16.9 Å². The summed E-state index contributed by atoms with van der Waals surface area (Å²) in [6.07, 6.45) is 1.57. The number of nitrogens with two attached hydrogens (primary N) is 1. The van der Waals surface area contributed by atoms with Crippen molar-refractivity contribution < 1.29 is 9.21 Å². The largest absolute Gasteiger partial charge is 0.469 e. The van der Waals surface area contributed by atoms with Crippen molar-refractivity contribution >= 4 is 44.4 Å². The smallest absolute Gasteiger partial charge is 0.236 e. The number of aromatic nitrogens is 4. The van der Waals surface area contributed by atoms with Gasteiger partial charge < -0.3 is 15.6 Å². The van der Waals surface area contributed by atoms with Gasteiger partial charge in [-0.05, 0) is 37.6 Å². The van der Waals surface area contributed by atoms with Crippen LogP contribution >= 0.6 is 23.1 Å². The number of nitrogens with zero attached hydrogens (tertiary/aromatic N) is 4. The Kier molecular flexibility index (Phi) is 4.58. The minimum Gasteiger partial charge on any atom is -0.469 e. The molecule has 4 aromatic rings. The van der Waals surface area contributed by atoms with E-state index in [9.17, 15) is 4.79 Å². The molecule has 3 heterocycles. The first-order valence-corrected chi connectivity index (χ1v) is 9.86. The number of amides is 1. The van der Waals surface area contributed by atoms with E-state index in [1.165, 1.54) is 27.8 Å². The van der Waals surface area contributed by atoms with Gasteiger partial charge in [0, 0.05) is 0 Å². The maximum Gasteiger partial charge on any atom is 0.236 e. The Bertz CT molecular complexity index is 1130. The van der Waals surface area contributed by atoms with Crippen LogP contribution < -0.4 is 11.2 Å². The number of thiazole rings is 1. The van der Waals surface area contributed by atoms with Crippen LogP contribution in [0.15, 0.2) is 40.1 Å². The Morgan fingerprint density at radius 2 is 2.19 bits per heavy atom. The van der Waals surface area contributed by atoms with Crippen molar-refractivity contribution in [3.63, 3.8) is 0 Å². The topological polar surface area (TPSA) is 112 Å². The molecule has 3 aromatic heterocycles. The Morgan fingerprint density at radius 3 is 2.96 bits per heavy atom. The lowest BCUT2D eigenvalue weighted by atomic mass is 10.2. The first kappa shape index (κ1) is 17.6. The van der Waals surface area contributed by atoms with Gasteiger partial charge in [-0.2, -0.15) is 0 Å². The molecule has 0 aliphatic heterocycles. The molecule has 0 saturated heterocycles. The number of hydrogen-bond acceptors (Lipinski definition) is 8. The summed E-state index contributed by atoms with van der Waals surface area (Å²) in [6, 6.07) is 7.77. The number of aryl methyl sites for hydroxylation is 2. The fourth-order valence-corrected chi connectivity index (χ4v) is 4.18. The summed E-state index contributed by atoms with van der Waals surface area (Å²) in [5, 5.41) is 12.0. The van der Waals surface area contributed by atoms with Gasteiger partial charge in [-0.25, -0.2) is 9.66 Å². The van der Waals surface area contributed by atoms with E-state index in [4.69, 9.17) is 10.3 Å². The van der Waals surface area contributed by atoms with Crippen LogP contribution in [0.25, 0.3) is 21.6 Å². The van der Waals surface area contributed by atoms with Crippen molar-refractivity contribution in [1.82, 2.24) is 19.9 Å². The Hall–Kier alpha value is -2.85. The van der Waals surface area contributed by atoms with Gasteiger partial charge in [0.25, 0.3) is 0 Å². The SMILES string of the molecule is Cc1ccc2nc(NC(=O)CSc3nnc(-c4ccoc4C)n3N)sc2c1. The third-order valence-corrected chi connectivity index (χ3v) is 5.76. The number of carbonyl (C=O) groups is 1. The van der Waals surface area contributed by atoms with Crippen LogP contribution in [0.3, 0.4) is 0 Å². The van der Waals surface area contributed by atoms with E-state index in [0.717, 1.165) is 21.3 Å². The van der Waals surface area contributed by atoms with Crippen molar-refractivity contribution in [1.29, 1.82) is 0 Å². The Balaban J connectivity index is 1.42. The number of furan rings is 1. The van der Waals surface area contributed by atoms with Crippen molar-refractivity contribution in [2.45, 2.75) is 19.0 Å². The molecular weight excluding hydrogens is 384 g/mol. The number of thioether (sulfide) groups is 1. The highest BCUT2D eigenvalue weighted by atomic mass is 32.2. The van der Waals surface area contributed by atoms with Gasteiger partial charge >= 0.3 is 0 Å². The van der Waals surface area contributed by atoms with E-state index in [1.54, 1.807) is 12.3 Å². The van der Waals surface area contributed by atoms with Gasteiger partial charge in [0.15, 0.2) is 11.0 Å². The third kappa shape index (κ3) is 3.53. The second-order valence-electron chi connectivity index (χ2n) is 5.89. The zero-order valence-corrected chi connectivity index (χ0v) is 16.2. The fourth-order valence-electron chi connectivity index (χ4n) is 2.55. The van der Waals surface area contributed by atoms with E-state index in [2.05, 4.69) is 20.5 Å². The van der Waals surface area contributed by atoms with Crippen LogP contribution in [0.5, 0.6) is 0 Å². The molecule has 8 nitrogen and oxygen atoms in total. The first-order valence-electron chi connectivity index (χ1n) is 8.06. The van der Waals surface area contributed by atoms with Crippen LogP contribution in [0.1, 0.15) is 11.3 Å². The molecule has 0 unspecified atom stereocenters. The van der Waals surface area contributed by atoms with E-state index in [-0.39, 0.29) is 11.7 Å². The number of nitrogen functional groups attached to an aromatic ring is 1. The summed E-state index contributed by atoms with van der Waals surface area (Å²) < 4.78 is 7.67. The number of nitrogens with one attached hydrogen (secondary N) is 1. The molecule has 3 N–H and O–H groups in total. The molecule has 0 bridgehead atoms. The molecule has 0 radical (unpaired) electrons. The average molecular weight is 400 g/mol. The highest BCUT2D eigenvalue weighted by Gasteiger charge is 2.17. The van der Waals surface area contributed by atoms with Crippen LogP contribution in [-0.4, -0.2) is 31.5 Å². The van der Waals surface area contributed by atoms with E-state index >= 15 is 0 Å². The summed E-state index contributed by atoms with van der Waals surface area (Å²) in [7, 11) is 0. The zero-order chi connectivity index (χ0) is 19.0. The monoisotopic (exact) mass is 400 g/mol. The summed E-state index contributed by atoms with van der Waals surface area (Å²) in [5.74, 6) is 7.22. The second-order valence-corrected chi connectivity index (χ2v) is 7.87. The molecule has 1 aromatic carbocycles. The van der Waals surface area contributed by atoms with Crippen LogP contribution in [0.4, 0.5) is 5.13 Å². The predicted octanol–water partition coefficient (Wildman–Crippen LogP) is 3.21. The summed E-state index contributed by atoms with van der Waals surface area (Å²) >= 11 is 2.65. The molecular formula is C17H16N6O2S2. The summed E-state index contributed by atoms with van der Waals surface area (Å²) in [5.41, 5.74) is 2.80. The average Bonchev–Trinajstić information content (AvgIpc) is 3.31. The minimum atomic E-state index is -0.181. The molecule has 10 heteroatoms. The fraction of sp³-hybridized carbons (Fsp3) is 0.176. The number of carbonyl (C=O) groups excluding carboxylic acids is 1. The van der Waals surface area contributed by atoms with Gasteiger partial charge in [-0.1, -0.05) is 29.2 Å². The number of anilines is 1. The van der Waals surface area contributed by atoms with E-state index < -0.39 is 0 Å². The number of rotatable bonds is 5. The maximum atomic E-state index is 12.3. The molecule has 0 spiro atoms. The Labute approximate surface area is 162 Å². The Morgan fingerprint density at radius 1 is 1.33 bits per heavy atom. The summed E-state index contributed by atoms with van der Waals surface area (Å²) in [4.78, 5) is 16.7. The summed E-state index contributed by atoms with van der Waals surface area (Å²) in [6.45, 7) is 3.85. The van der Waals surface area contributed by atoms with Crippen LogP contribution in [0.2, 0.25) is 0 Å². The van der Waals surface area contributed by atoms with E-state index in [0.29, 0.717) is 21.9 Å². The van der Waals surface area contributed by atoms with Gasteiger partial charge in [-0.15, -0.1) is 10.2 Å². The van der Waals surface area contributed by atoms with Gasteiger partial charge in [0.05, 0.1) is 27.8 Å². The van der Waals surface area contributed by atoms with Crippen molar-refractivity contribution in [3.05, 3.63) is 41.9 Å². The third-order valence-electron chi connectivity index (χ3n) is 3.89. The maximum absolute atomic E-state index is 12.3. The molecule has 27 heavy (non-hydrogen) atoms. The highest BCUT2D eigenvalue weighted by molar-refractivity contribution is 7.99. The van der Waals surface area contributed by atoms with Gasteiger partial charge in [0.1, 0.15) is 5.76 Å². The number of fused-ring (bicyclic) bond motifs is 1. The highest BCUT2D eigenvalue weighted by Crippen LogP contribution is 2.28. The molecule has 0 aliphatic rings. The minimum absolute atomic E-state index is 0.147. The second kappa shape index (κ2) is 7.05. The standard InChI is InChI=1S/C17H16N6O2S2/c1-9-3-4-12-13(7-9)27-16(19-12)20-14(24)8-26-17-22-21-15(23(17)18)11-5-6-25-10(11)2/h3-7H,8,18H2,1-2H3,(H,19,20,24).